The predicted octanol–water partition coefficient (Wildman–Crippen LogP) is 3.10. The summed E-state index contributed by atoms with van der Waals surface area (Å²) < 4.78 is 32.1. The van der Waals surface area contributed by atoms with Gasteiger partial charge in [0.15, 0.2) is 0 Å². The predicted molar refractivity (Wildman–Crippen MR) is 115 cm³/mol. The lowest BCUT2D eigenvalue weighted by Gasteiger charge is -2.40. The SMILES string of the molecule is O=C(NCc1ccc(S(=O)(=O)N2CCOCC2)cc1)C1(c2cccc(Cl)c2)CCC1. The van der Waals surface area contributed by atoms with Gasteiger partial charge < -0.3 is 10.1 Å². The van der Waals surface area contributed by atoms with E-state index < -0.39 is 15.4 Å². The maximum Gasteiger partial charge on any atom is 0.243 e. The standard InChI is InChI=1S/C22H25ClN2O4S/c23-19-4-1-3-18(15-19)22(9-2-10-22)21(26)24-16-17-5-7-20(8-6-17)30(27,28)25-11-13-29-14-12-25/h1,3-8,15H,2,9-14,16H2,(H,24,26). The molecule has 1 saturated carbocycles. The van der Waals surface area contributed by atoms with Crippen molar-refractivity contribution in [1.82, 2.24) is 9.62 Å². The lowest BCUT2D eigenvalue weighted by atomic mass is 9.64. The highest BCUT2D eigenvalue weighted by atomic mass is 35.5. The second kappa shape index (κ2) is 8.67. The first-order chi connectivity index (χ1) is 14.4. The third-order valence-electron chi connectivity index (χ3n) is 6.00. The van der Waals surface area contributed by atoms with Crippen molar-refractivity contribution in [2.45, 2.75) is 36.1 Å². The van der Waals surface area contributed by atoms with Gasteiger partial charge in [0.2, 0.25) is 15.9 Å². The van der Waals surface area contributed by atoms with Crippen LogP contribution in [0.15, 0.2) is 53.4 Å². The Hall–Kier alpha value is -1.93. The maximum absolute atomic E-state index is 13.0. The molecule has 6 nitrogen and oxygen atoms in total. The highest BCUT2D eigenvalue weighted by molar-refractivity contribution is 7.89. The van der Waals surface area contributed by atoms with Crippen molar-refractivity contribution in [3.05, 3.63) is 64.7 Å². The minimum Gasteiger partial charge on any atom is -0.379 e. The fourth-order valence-electron chi connectivity index (χ4n) is 4.03. The Kier molecular flexibility index (Phi) is 6.16. The summed E-state index contributed by atoms with van der Waals surface area (Å²) in [5.74, 6) is -0.0129. The molecule has 1 saturated heterocycles. The number of ether oxygens (including phenoxy) is 1. The molecule has 0 bridgehead atoms. The van der Waals surface area contributed by atoms with E-state index in [2.05, 4.69) is 5.32 Å². The van der Waals surface area contributed by atoms with E-state index in [1.54, 1.807) is 24.3 Å². The molecular formula is C22H25ClN2O4S. The Bertz CT molecular complexity index is 1010. The van der Waals surface area contributed by atoms with Crippen LogP contribution in [0.4, 0.5) is 0 Å². The topological polar surface area (TPSA) is 75.7 Å². The van der Waals surface area contributed by atoms with E-state index in [0.717, 1.165) is 30.4 Å². The first-order valence-electron chi connectivity index (χ1n) is 10.1. The third-order valence-corrected chi connectivity index (χ3v) is 8.15. The molecule has 0 aromatic heterocycles. The van der Waals surface area contributed by atoms with Crippen molar-refractivity contribution in [1.29, 1.82) is 0 Å². The number of hydrogen-bond acceptors (Lipinski definition) is 4. The molecule has 8 heteroatoms. The number of nitrogens with zero attached hydrogens (tertiary/aromatic N) is 1. The molecule has 4 rings (SSSR count). The zero-order valence-corrected chi connectivity index (χ0v) is 18.2. The molecule has 0 atom stereocenters. The second-order valence-corrected chi connectivity index (χ2v) is 10.2. The van der Waals surface area contributed by atoms with Crippen molar-refractivity contribution in [2.24, 2.45) is 0 Å². The van der Waals surface area contributed by atoms with Gasteiger partial charge in [0.25, 0.3) is 0 Å². The lowest BCUT2D eigenvalue weighted by Crippen LogP contribution is -2.49. The van der Waals surface area contributed by atoms with Crippen LogP contribution in [-0.4, -0.2) is 44.9 Å². The van der Waals surface area contributed by atoms with E-state index in [0.29, 0.717) is 37.9 Å². The summed E-state index contributed by atoms with van der Waals surface area (Å²) in [4.78, 5) is 13.3. The van der Waals surface area contributed by atoms with Gasteiger partial charge in [0, 0.05) is 24.7 Å². The summed E-state index contributed by atoms with van der Waals surface area (Å²) in [7, 11) is -3.51. The molecule has 160 valence electrons. The normalized spacial score (nSPS) is 19.1. The number of sulfonamides is 1. The molecule has 1 N–H and O–H groups in total. The molecular weight excluding hydrogens is 424 g/mol. The number of amides is 1. The van der Waals surface area contributed by atoms with Crippen molar-refractivity contribution < 1.29 is 17.9 Å². The molecule has 1 heterocycles. The number of rotatable bonds is 6. The monoisotopic (exact) mass is 448 g/mol. The van der Waals surface area contributed by atoms with Crippen LogP contribution < -0.4 is 5.32 Å². The number of halogens is 1. The van der Waals surface area contributed by atoms with Crippen LogP contribution in [-0.2, 0) is 31.5 Å². The Morgan fingerprint density at radius 1 is 1.10 bits per heavy atom. The molecule has 1 aliphatic carbocycles. The van der Waals surface area contributed by atoms with Gasteiger partial charge in [-0.2, -0.15) is 4.31 Å². The van der Waals surface area contributed by atoms with Crippen molar-refractivity contribution in [2.75, 3.05) is 26.3 Å². The summed E-state index contributed by atoms with van der Waals surface area (Å²) in [5, 5.41) is 3.65. The van der Waals surface area contributed by atoms with Gasteiger partial charge in [-0.1, -0.05) is 42.3 Å². The number of nitrogens with one attached hydrogen (secondary N) is 1. The Labute approximate surface area is 182 Å². The Balaban J connectivity index is 1.42. The number of carbonyl (C=O) groups is 1. The molecule has 0 radical (unpaired) electrons. The largest absolute Gasteiger partial charge is 0.379 e. The van der Waals surface area contributed by atoms with Gasteiger partial charge in [0.1, 0.15) is 0 Å². The molecule has 2 aromatic carbocycles. The van der Waals surface area contributed by atoms with Crippen LogP contribution in [0.2, 0.25) is 5.02 Å². The molecule has 1 aliphatic heterocycles. The smallest absolute Gasteiger partial charge is 0.243 e. The quantitative estimate of drug-likeness (QED) is 0.736. The molecule has 30 heavy (non-hydrogen) atoms. The summed E-state index contributed by atoms with van der Waals surface area (Å²) in [6.45, 7) is 1.91. The van der Waals surface area contributed by atoms with Gasteiger partial charge in [0.05, 0.1) is 23.5 Å². The van der Waals surface area contributed by atoms with Crippen LogP contribution in [0.25, 0.3) is 0 Å². The number of hydrogen-bond donors (Lipinski definition) is 1. The lowest BCUT2D eigenvalue weighted by molar-refractivity contribution is -0.130. The van der Waals surface area contributed by atoms with E-state index in [9.17, 15) is 13.2 Å². The summed E-state index contributed by atoms with van der Waals surface area (Å²) >= 11 is 6.13. The van der Waals surface area contributed by atoms with Crippen molar-refractivity contribution in [3.8, 4) is 0 Å². The van der Waals surface area contributed by atoms with E-state index in [1.165, 1.54) is 4.31 Å². The van der Waals surface area contributed by atoms with Crippen LogP contribution in [0.3, 0.4) is 0 Å². The van der Waals surface area contributed by atoms with E-state index >= 15 is 0 Å². The first-order valence-corrected chi connectivity index (χ1v) is 11.9. The molecule has 1 amide bonds. The average molecular weight is 449 g/mol. The van der Waals surface area contributed by atoms with E-state index in [1.807, 2.05) is 24.3 Å². The zero-order chi connectivity index (χ0) is 21.2. The molecule has 0 unspecified atom stereocenters. The number of benzene rings is 2. The summed E-state index contributed by atoms with van der Waals surface area (Å²) in [5.41, 5.74) is 1.28. The minimum absolute atomic E-state index is 0.0129. The number of carbonyl (C=O) groups excluding carboxylic acids is 1. The fraction of sp³-hybridized carbons (Fsp3) is 0.409. The van der Waals surface area contributed by atoms with Gasteiger partial charge in [-0.3, -0.25) is 4.79 Å². The zero-order valence-electron chi connectivity index (χ0n) is 16.6. The molecule has 2 aromatic rings. The first kappa shape index (κ1) is 21.3. The highest BCUT2D eigenvalue weighted by Gasteiger charge is 2.45. The van der Waals surface area contributed by atoms with Gasteiger partial charge in [-0.05, 0) is 48.2 Å². The fourth-order valence-corrected chi connectivity index (χ4v) is 5.63. The molecule has 0 spiro atoms. The Morgan fingerprint density at radius 2 is 1.80 bits per heavy atom. The van der Waals surface area contributed by atoms with Crippen LogP contribution in [0.1, 0.15) is 30.4 Å². The highest BCUT2D eigenvalue weighted by Crippen LogP contribution is 2.44. The van der Waals surface area contributed by atoms with E-state index in [4.69, 9.17) is 16.3 Å². The van der Waals surface area contributed by atoms with Gasteiger partial charge in [-0.15, -0.1) is 0 Å². The van der Waals surface area contributed by atoms with E-state index in [-0.39, 0.29) is 10.8 Å². The second-order valence-electron chi connectivity index (χ2n) is 7.79. The minimum atomic E-state index is -3.51. The summed E-state index contributed by atoms with van der Waals surface area (Å²) in [6, 6.07) is 14.2. The maximum atomic E-state index is 13.0. The van der Waals surface area contributed by atoms with Gasteiger partial charge in [-0.25, -0.2) is 8.42 Å². The molecule has 2 fully saturated rings. The van der Waals surface area contributed by atoms with Crippen LogP contribution >= 0.6 is 11.6 Å². The van der Waals surface area contributed by atoms with Crippen LogP contribution in [0, 0.1) is 0 Å². The molecule has 2 aliphatic rings. The van der Waals surface area contributed by atoms with Crippen molar-refractivity contribution in [3.63, 3.8) is 0 Å². The average Bonchev–Trinajstić information content (AvgIpc) is 2.72. The van der Waals surface area contributed by atoms with Gasteiger partial charge >= 0.3 is 0 Å². The van der Waals surface area contributed by atoms with Crippen molar-refractivity contribution >= 4 is 27.5 Å². The summed E-state index contributed by atoms with van der Waals surface area (Å²) in [6.07, 6.45) is 2.61. The third kappa shape index (κ3) is 4.12. The number of morpholine rings is 1. The van der Waals surface area contributed by atoms with Crippen LogP contribution in [0.5, 0.6) is 0 Å². The Morgan fingerprint density at radius 3 is 2.40 bits per heavy atom.